The largest absolute Gasteiger partial charge is 0.368 e. The predicted molar refractivity (Wildman–Crippen MR) is 87.5 cm³/mol. The van der Waals surface area contributed by atoms with Crippen molar-refractivity contribution < 1.29 is 9.53 Å². The molecule has 3 rings (SSSR count). The van der Waals surface area contributed by atoms with E-state index in [1.54, 1.807) is 0 Å². The fourth-order valence-corrected chi connectivity index (χ4v) is 3.13. The highest BCUT2D eigenvalue weighted by Gasteiger charge is 2.27. The van der Waals surface area contributed by atoms with Gasteiger partial charge in [0.05, 0.1) is 23.7 Å². The van der Waals surface area contributed by atoms with Crippen molar-refractivity contribution in [3.8, 4) is 0 Å². The molecule has 0 N–H and O–H groups in total. The maximum Gasteiger partial charge on any atom is 0.264 e. The maximum absolute atomic E-state index is 12.5. The van der Waals surface area contributed by atoms with Gasteiger partial charge in [-0.05, 0) is 23.6 Å². The van der Waals surface area contributed by atoms with Crippen molar-refractivity contribution in [2.45, 2.75) is 6.10 Å². The second-order valence-corrected chi connectivity index (χ2v) is 6.35. The number of hydrogen-bond donors (Lipinski definition) is 0. The molecule has 0 bridgehead atoms. The molecular formula is C16H19N3O2S. The molecule has 2 aromatic heterocycles. The van der Waals surface area contributed by atoms with Gasteiger partial charge in [-0.15, -0.1) is 11.3 Å². The zero-order chi connectivity index (χ0) is 15.5. The molecule has 116 valence electrons. The molecule has 0 radical (unpaired) electrons. The van der Waals surface area contributed by atoms with E-state index in [2.05, 4.69) is 4.98 Å². The van der Waals surface area contributed by atoms with Gasteiger partial charge in [0, 0.05) is 20.6 Å². The van der Waals surface area contributed by atoms with Crippen LogP contribution in [0.3, 0.4) is 0 Å². The van der Waals surface area contributed by atoms with Gasteiger partial charge in [-0.1, -0.05) is 12.1 Å². The van der Waals surface area contributed by atoms with E-state index in [0.29, 0.717) is 19.7 Å². The lowest BCUT2D eigenvalue weighted by atomic mass is 10.1. The molecule has 1 aliphatic heterocycles. The number of aromatic nitrogens is 1. The Labute approximate surface area is 134 Å². The van der Waals surface area contributed by atoms with Crippen LogP contribution in [0, 0.1) is 0 Å². The molecule has 1 aliphatic rings. The first-order chi connectivity index (χ1) is 10.6. The Hall–Kier alpha value is -1.92. The standard InChI is InChI=1S/C16H19N3O2S/c1-18(2)15-7-3-5-12(17-15)13-11-19(8-9-21-13)16(20)14-6-4-10-22-14/h3-7,10,13H,8-9,11H2,1-2H3/t13-/m1/s1. The van der Waals surface area contributed by atoms with Gasteiger partial charge < -0.3 is 14.5 Å². The van der Waals surface area contributed by atoms with Crippen molar-refractivity contribution >= 4 is 23.1 Å². The predicted octanol–water partition coefficient (Wildman–Crippen LogP) is 2.42. The monoisotopic (exact) mass is 317 g/mol. The minimum Gasteiger partial charge on any atom is -0.368 e. The normalized spacial score (nSPS) is 18.3. The molecule has 3 heterocycles. The summed E-state index contributed by atoms with van der Waals surface area (Å²) in [6.07, 6.45) is -0.169. The van der Waals surface area contributed by atoms with E-state index in [4.69, 9.17) is 4.74 Å². The number of hydrogen-bond acceptors (Lipinski definition) is 5. The van der Waals surface area contributed by atoms with Crippen LogP contribution in [-0.2, 0) is 4.74 Å². The number of carbonyl (C=O) groups excluding carboxylic acids is 1. The van der Waals surface area contributed by atoms with Gasteiger partial charge in [-0.25, -0.2) is 4.98 Å². The van der Waals surface area contributed by atoms with E-state index in [1.165, 1.54) is 11.3 Å². The van der Waals surface area contributed by atoms with Crippen molar-refractivity contribution in [1.82, 2.24) is 9.88 Å². The van der Waals surface area contributed by atoms with Crippen molar-refractivity contribution in [3.05, 3.63) is 46.3 Å². The van der Waals surface area contributed by atoms with E-state index in [9.17, 15) is 4.79 Å². The van der Waals surface area contributed by atoms with E-state index in [0.717, 1.165) is 16.4 Å². The number of ether oxygens (including phenoxy) is 1. The molecule has 1 atom stereocenters. The van der Waals surface area contributed by atoms with Crippen LogP contribution in [0.15, 0.2) is 35.7 Å². The SMILES string of the molecule is CN(C)c1cccc([C@H]2CN(C(=O)c3cccs3)CCO2)n1. The number of carbonyl (C=O) groups is 1. The first kappa shape index (κ1) is 15.0. The minimum atomic E-state index is -0.169. The number of thiophene rings is 1. The van der Waals surface area contributed by atoms with Crippen LogP contribution in [0.2, 0.25) is 0 Å². The van der Waals surface area contributed by atoms with Gasteiger partial charge in [0.2, 0.25) is 0 Å². The smallest absolute Gasteiger partial charge is 0.264 e. The molecule has 1 fully saturated rings. The molecule has 0 aromatic carbocycles. The maximum atomic E-state index is 12.5. The van der Waals surface area contributed by atoms with Crippen molar-refractivity contribution in [2.24, 2.45) is 0 Å². The molecule has 0 aliphatic carbocycles. The first-order valence-corrected chi connectivity index (χ1v) is 8.12. The zero-order valence-electron chi connectivity index (χ0n) is 12.7. The van der Waals surface area contributed by atoms with Crippen LogP contribution < -0.4 is 4.90 Å². The van der Waals surface area contributed by atoms with Gasteiger partial charge in [-0.3, -0.25) is 4.79 Å². The summed E-state index contributed by atoms with van der Waals surface area (Å²) in [6, 6.07) is 9.65. The van der Waals surface area contributed by atoms with Gasteiger partial charge in [-0.2, -0.15) is 0 Å². The lowest BCUT2D eigenvalue weighted by molar-refractivity contribution is -0.0245. The summed E-state index contributed by atoms with van der Waals surface area (Å²) in [4.78, 5) is 21.7. The molecule has 2 aromatic rings. The summed E-state index contributed by atoms with van der Waals surface area (Å²) in [5, 5.41) is 1.92. The zero-order valence-corrected chi connectivity index (χ0v) is 13.5. The Morgan fingerprint density at radius 2 is 2.23 bits per heavy atom. The number of amides is 1. The van der Waals surface area contributed by atoms with E-state index < -0.39 is 0 Å². The number of nitrogens with zero attached hydrogens (tertiary/aromatic N) is 3. The highest BCUT2D eigenvalue weighted by atomic mass is 32.1. The molecule has 0 unspecified atom stereocenters. The number of rotatable bonds is 3. The number of morpholine rings is 1. The summed E-state index contributed by atoms with van der Waals surface area (Å²) in [5.41, 5.74) is 0.870. The topological polar surface area (TPSA) is 45.7 Å². The lowest BCUT2D eigenvalue weighted by Crippen LogP contribution is -2.42. The average Bonchev–Trinajstić information content (AvgIpc) is 3.09. The molecule has 6 heteroatoms. The fourth-order valence-electron chi connectivity index (χ4n) is 2.44. The summed E-state index contributed by atoms with van der Waals surface area (Å²) in [7, 11) is 3.92. The lowest BCUT2D eigenvalue weighted by Gasteiger charge is -2.32. The van der Waals surface area contributed by atoms with Gasteiger partial charge in [0.15, 0.2) is 0 Å². The van der Waals surface area contributed by atoms with Crippen LogP contribution in [0.25, 0.3) is 0 Å². The second kappa shape index (κ2) is 6.46. The van der Waals surface area contributed by atoms with Crippen molar-refractivity contribution in [1.29, 1.82) is 0 Å². The van der Waals surface area contributed by atoms with Gasteiger partial charge in [0.1, 0.15) is 11.9 Å². The Morgan fingerprint density at radius 3 is 2.95 bits per heavy atom. The van der Waals surface area contributed by atoms with E-state index in [1.807, 2.05) is 59.6 Å². The van der Waals surface area contributed by atoms with Crippen LogP contribution in [-0.4, -0.2) is 49.6 Å². The number of anilines is 1. The van der Waals surface area contributed by atoms with Crippen LogP contribution in [0.4, 0.5) is 5.82 Å². The van der Waals surface area contributed by atoms with Gasteiger partial charge in [0.25, 0.3) is 5.91 Å². The minimum absolute atomic E-state index is 0.0760. The third-order valence-electron chi connectivity index (χ3n) is 3.63. The number of pyridine rings is 1. The van der Waals surface area contributed by atoms with Crippen LogP contribution in [0.1, 0.15) is 21.5 Å². The second-order valence-electron chi connectivity index (χ2n) is 5.40. The third kappa shape index (κ3) is 3.13. The highest BCUT2D eigenvalue weighted by Crippen LogP contribution is 2.24. The molecule has 0 spiro atoms. The molecule has 1 amide bonds. The fraction of sp³-hybridized carbons (Fsp3) is 0.375. The van der Waals surface area contributed by atoms with Crippen LogP contribution in [0.5, 0.6) is 0 Å². The first-order valence-electron chi connectivity index (χ1n) is 7.24. The Bertz CT molecular complexity index is 643. The van der Waals surface area contributed by atoms with E-state index >= 15 is 0 Å². The Morgan fingerprint density at radius 1 is 1.36 bits per heavy atom. The summed E-state index contributed by atoms with van der Waals surface area (Å²) in [5.74, 6) is 0.967. The van der Waals surface area contributed by atoms with Crippen molar-refractivity contribution in [3.63, 3.8) is 0 Å². The average molecular weight is 317 g/mol. The molecular weight excluding hydrogens is 298 g/mol. The summed E-state index contributed by atoms with van der Waals surface area (Å²) < 4.78 is 5.82. The molecule has 22 heavy (non-hydrogen) atoms. The third-order valence-corrected chi connectivity index (χ3v) is 4.49. The summed E-state index contributed by atoms with van der Waals surface area (Å²) >= 11 is 1.47. The van der Waals surface area contributed by atoms with Gasteiger partial charge >= 0.3 is 0 Å². The Kier molecular flexibility index (Phi) is 4.40. The van der Waals surface area contributed by atoms with E-state index in [-0.39, 0.29) is 12.0 Å². The highest BCUT2D eigenvalue weighted by molar-refractivity contribution is 7.12. The molecule has 1 saturated heterocycles. The Balaban J connectivity index is 1.75. The quantitative estimate of drug-likeness (QED) is 0.872. The molecule has 0 saturated carbocycles. The van der Waals surface area contributed by atoms with Crippen molar-refractivity contribution in [2.75, 3.05) is 38.7 Å². The summed E-state index contributed by atoms with van der Waals surface area (Å²) in [6.45, 7) is 1.71. The van der Waals surface area contributed by atoms with Crippen LogP contribution >= 0.6 is 11.3 Å². The molecule has 5 nitrogen and oxygen atoms in total.